The largest absolute Gasteiger partial charge is 0.481 e. The summed E-state index contributed by atoms with van der Waals surface area (Å²) in [6.07, 6.45) is 0.204. The summed E-state index contributed by atoms with van der Waals surface area (Å²) >= 11 is 8.44. The SMILES string of the molecule is C[C@@H]1Oc2c(Br)sc(Br)c2O[C@@H]1C. The standard InChI is InChI=1S/C8H8Br2O2S/c1-3-4(2)12-6-5(11-3)7(9)13-8(6)10/h3-4H,1-2H3/t3-,4+. The third-order valence-corrected chi connectivity index (χ3v) is 4.43. The first-order valence-electron chi connectivity index (χ1n) is 3.90. The lowest BCUT2D eigenvalue weighted by atomic mass is 10.2. The van der Waals surface area contributed by atoms with Crippen molar-refractivity contribution >= 4 is 43.2 Å². The average Bonchev–Trinajstić information content (AvgIpc) is 2.31. The van der Waals surface area contributed by atoms with Gasteiger partial charge >= 0.3 is 0 Å². The molecule has 1 aliphatic rings. The van der Waals surface area contributed by atoms with E-state index in [1.807, 2.05) is 13.8 Å². The molecule has 72 valence electrons. The van der Waals surface area contributed by atoms with Gasteiger partial charge in [0.05, 0.1) is 0 Å². The molecule has 0 N–H and O–H groups in total. The van der Waals surface area contributed by atoms with Crippen LogP contribution in [0.25, 0.3) is 0 Å². The van der Waals surface area contributed by atoms with Gasteiger partial charge in [-0.15, -0.1) is 11.3 Å². The third kappa shape index (κ3) is 1.62. The number of hydrogen-bond donors (Lipinski definition) is 0. The molecular formula is C8H8Br2O2S. The van der Waals surface area contributed by atoms with Crippen LogP contribution < -0.4 is 9.47 Å². The highest BCUT2D eigenvalue weighted by molar-refractivity contribution is 9.12. The normalized spacial score (nSPS) is 26.2. The van der Waals surface area contributed by atoms with Crippen molar-refractivity contribution in [2.24, 2.45) is 0 Å². The second kappa shape index (κ2) is 3.44. The summed E-state index contributed by atoms with van der Waals surface area (Å²) in [6.45, 7) is 4.01. The number of fused-ring (bicyclic) bond motifs is 1. The lowest BCUT2D eigenvalue weighted by Gasteiger charge is -2.28. The van der Waals surface area contributed by atoms with Crippen LogP contribution in [0.5, 0.6) is 11.5 Å². The van der Waals surface area contributed by atoms with Gasteiger partial charge in [0.25, 0.3) is 0 Å². The Morgan fingerprint density at radius 2 is 1.38 bits per heavy atom. The van der Waals surface area contributed by atoms with Gasteiger partial charge in [-0.3, -0.25) is 0 Å². The Morgan fingerprint density at radius 3 is 1.77 bits per heavy atom. The van der Waals surface area contributed by atoms with Gasteiger partial charge in [0.1, 0.15) is 19.8 Å². The highest BCUT2D eigenvalue weighted by Gasteiger charge is 2.30. The summed E-state index contributed by atoms with van der Waals surface area (Å²) < 4.78 is 13.4. The number of hydrogen-bond acceptors (Lipinski definition) is 3. The minimum Gasteiger partial charge on any atom is -0.481 e. The minimum absolute atomic E-state index is 0.102. The lowest BCUT2D eigenvalue weighted by Crippen LogP contribution is -2.34. The molecule has 0 saturated heterocycles. The van der Waals surface area contributed by atoms with Crippen LogP contribution in [0.2, 0.25) is 0 Å². The van der Waals surface area contributed by atoms with Crippen molar-refractivity contribution in [3.8, 4) is 11.5 Å². The molecule has 2 nitrogen and oxygen atoms in total. The molecule has 1 aromatic heterocycles. The van der Waals surface area contributed by atoms with E-state index < -0.39 is 0 Å². The first-order valence-corrected chi connectivity index (χ1v) is 6.31. The van der Waals surface area contributed by atoms with Crippen LogP contribution in [-0.2, 0) is 0 Å². The predicted molar refractivity (Wildman–Crippen MR) is 59.9 cm³/mol. The van der Waals surface area contributed by atoms with E-state index in [2.05, 4.69) is 31.9 Å². The molecule has 0 unspecified atom stereocenters. The van der Waals surface area contributed by atoms with Crippen molar-refractivity contribution in [3.05, 3.63) is 7.57 Å². The van der Waals surface area contributed by atoms with E-state index in [-0.39, 0.29) is 12.2 Å². The molecule has 0 saturated carbocycles. The molecule has 0 aromatic carbocycles. The van der Waals surface area contributed by atoms with Crippen LogP contribution in [0.1, 0.15) is 13.8 Å². The lowest BCUT2D eigenvalue weighted by molar-refractivity contribution is 0.0429. The summed E-state index contributed by atoms with van der Waals surface area (Å²) in [5, 5.41) is 0. The van der Waals surface area contributed by atoms with E-state index >= 15 is 0 Å². The van der Waals surface area contributed by atoms with Gasteiger partial charge in [0, 0.05) is 0 Å². The predicted octanol–water partition coefficient (Wildman–Crippen LogP) is 3.82. The topological polar surface area (TPSA) is 18.5 Å². The summed E-state index contributed by atoms with van der Waals surface area (Å²) in [6, 6.07) is 0. The Hall–Kier alpha value is 0.260. The molecule has 13 heavy (non-hydrogen) atoms. The number of rotatable bonds is 0. The zero-order valence-corrected chi connectivity index (χ0v) is 11.1. The summed E-state index contributed by atoms with van der Waals surface area (Å²) in [5.41, 5.74) is 0. The van der Waals surface area contributed by atoms with Crippen LogP contribution in [0.4, 0.5) is 0 Å². The molecule has 0 amide bonds. The van der Waals surface area contributed by atoms with Crippen LogP contribution in [0.15, 0.2) is 7.57 Å². The summed E-state index contributed by atoms with van der Waals surface area (Å²) in [7, 11) is 0. The third-order valence-electron chi connectivity index (χ3n) is 2.01. The van der Waals surface area contributed by atoms with Gasteiger partial charge < -0.3 is 9.47 Å². The summed E-state index contributed by atoms with van der Waals surface area (Å²) in [5.74, 6) is 1.64. The van der Waals surface area contributed by atoms with Gasteiger partial charge in [0.2, 0.25) is 0 Å². The smallest absolute Gasteiger partial charge is 0.188 e. The van der Waals surface area contributed by atoms with E-state index in [0.29, 0.717) is 0 Å². The number of thiophene rings is 1. The molecule has 1 aliphatic heterocycles. The van der Waals surface area contributed by atoms with Crippen molar-refractivity contribution in [1.82, 2.24) is 0 Å². The number of halogens is 2. The molecule has 0 radical (unpaired) electrons. The van der Waals surface area contributed by atoms with Gasteiger partial charge in [-0.25, -0.2) is 0 Å². The quantitative estimate of drug-likeness (QED) is 0.721. The number of ether oxygens (including phenoxy) is 2. The Balaban J connectivity index is 2.44. The van der Waals surface area contributed by atoms with Gasteiger partial charge in [-0.05, 0) is 45.7 Å². The van der Waals surface area contributed by atoms with E-state index in [0.717, 1.165) is 19.1 Å². The molecule has 0 bridgehead atoms. The molecular weight excluding hydrogens is 320 g/mol. The Kier molecular flexibility index (Phi) is 2.59. The Morgan fingerprint density at radius 1 is 1.00 bits per heavy atom. The monoisotopic (exact) mass is 326 g/mol. The fraction of sp³-hybridized carbons (Fsp3) is 0.500. The highest BCUT2D eigenvalue weighted by Crippen LogP contribution is 2.51. The molecule has 2 rings (SSSR count). The Labute approximate surface area is 97.5 Å². The van der Waals surface area contributed by atoms with Crippen LogP contribution in [-0.4, -0.2) is 12.2 Å². The maximum absolute atomic E-state index is 5.70. The molecule has 0 fully saturated rings. The maximum Gasteiger partial charge on any atom is 0.188 e. The molecule has 2 atom stereocenters. The minimum atomic E-state index is 0.102. The zero-order chi connectivity index (χ0) is 9.59. The first-order chi connectivity index (χ1) is 6.09. The van der Waals surface area contributed by atoms with E-state index in [1.165, 1.54) is 0 Å². The molecule has 1 aromatic rings. The van der Waals surface area contributed by atoms with E-state index in [9.17, 15) is 0 Å². The average molecular weight is 328 g/mol. The van der Waals surface area contributed by atoms with Crippen LogP contribution in [0, 0.1) is 0 Å². The van der Waals surface area contributed by atoms with Gasteiger partial charge in [-0.1, -0.05) is 0 Å². The molecule has 2 heterocycles. The van der Waals surface area contributed by atoms with Gasteiger partial charge in [0.15, 0.2) is 11.5 Å². The van der Waals surface area contributed by atoms with Crippen LogP contribution >= 0.6 is 43.2 Å². The maximum atomic E-state index is 5.70. The second-order valence-corrected chi connectivity index (χ2v) is 6.61. The van der Waals surface area contributed by atoms with E-state index in [1.54, 1.807) is 11.3 Å². The fourth-order valence-corrected chi connectivity index (χ4v) is 3.91. The van der Waals surface area contributed by atoms with Crippen molar-refractivity contribution in [2.75, 3.05) is 0 Å². The second-order valence-electron chi connectivity index (χ2n) is 2.95. The van der Waals surface area contributed by atoms with Gasteiger partial charge in [-0.2, -0.15) is 0 Å². The molecule has 0 spiro atoms. The highest BCUT2D eigenvalue weighted by atomic mass is 79.9. The van der Waals surface area contributed by atoms with Crippen LogP contribution in [0.3, 0.4) is 0 Å². The Bertz CT molecular complexity index is 307. The van der Waals surface area contributed by atoms with Crippen molar-refractivity contribution in [1.29, 1.82) is 0 Å². The van der Waals surface area contributed by atoms with E-state index in [4.69, 9.17) is 9.47 Å². The first kappa shape index (κ1) is 9.80. The van der Waals surface area contributed by atoms with Crippen molar-refractivity contribution in [3.63, 3.8) is 0 Å². The zero-order valence-electron chi connectivity index (χ0n) is 7.14. The molecule has 5 heteroatoms. The fourth-order valence-electron chi connectivity index (χ4n) is 1.11. The summed E-state index contributed by atoms with van der Waals surface area (Å²) in [4.78, 5) is 0. The van der Waals surface area contributed by atoms with Crippen molar-refractivity contribution < 1.29 is 9.47 Å². The molecule has 0 aliphatic carbocycles. The van der Waals surface area contributed by atoms with Crippen molar-refractivity contribution in [2.45, 2.75) is 26.1 Å².